The van der Waals surface area contributed by atoms with Crippen LogP contribution in [0.25, 0.3) is 0 Å². The number of anilines is 1. The van der Waals surface area contributed by atoms with Crippen LogP contribution in [0.5, 0.6) is 0 Å². The number of benzene rings is 1. The number of amides is 1. The van der Waals surface area contributed by atoms with Crippen LogP contribution in [-0.2, 0) is 11.3 Å². The van der Waals surface area contributed by atoms with Gasteiger partial charge in [-0.05, 0) is 61.6 Å². The van der Waals surface area contributed by atoms with E-state index in [0.29, 0.717) is 30.0 Å². The zero-order chi connectivity index (χ0) is 20.7. The number of nitrogens with zero attached hydrogens (tertiary/aromatic N) is 2. The Morgan fingerprint density at radius 2 is 1.80 bits per heavy atom. The Hall–Kier alpha value is -2.51. The molecule has 0 aliphatic carbocycles. The van der Waals surface area contributed by atoms with Gasteiger partial charge >= 0.3 is 0 Å². The van der Waals surface area contributed by atoms with Crippen molar-refractivity contribution in [2.24, 2.45) is 5.92 Å². The predicted molar refractivity (Wildman–Crippen MR) is 111 cm³/mol. The van der Waals surface area contributed by atoms with Crippen molar-refractivity contribution < 1.29 is 13.9 Å². The first-order valence-corrected chi connectivity index (χ1v) is 10.7. The molecule has 0 radical (unpaired) electrons. The van der Waals surface area contributed by atoms with Crippen molar-refractivity contribution in [3.05, 3.63) is 63.8 Å². The van der Waals surface area contributed by atoms with Gasteiger partial charge in [-0.25, -0.2) is 4.39 Å². The van der Waals surface area contributed by atoms with Crippen LogP contribution in [0.2, 0.25) is 0 Å². The second-order valence-corrected chi connectivity index (χ2v) is 8.64. The van der Waals surface area contributed by atoms with E-state index < -0.39 is 11.7 Å². The summed E-state index contributed by atoms with van der Waals surface area (Å²) in [4.78, 5) is 28.2. The summed E-state index contributed by atoms with van der Waals surface area (Å²) in [5.41, 5.74) is 1.50. The molecular weight excluding hydrogens is 385 g/mol. The van der Waals surface area contributed by atoms with Gasteiger partial charge in [-0.1, -0.05) is 0 Å². The average Bonchev–Trinajstić information content (AvgIpc) is 2.77. The van der Waals surface area contributed by atoms with Gasteiger partial charge in [0.15, 0.2) is 0 Å². The molecule has 1 amide bonds. The fourth-order valence-corrected chi connectivity index (χ4v) is 5.22. The lowest BCUT2D eigenvalue weighted by molar-refractivity contribution is 0.00589. The lowest BCUT2D eigenvalue weighted by atomic mass is 9.82. The Kier molecular flexibility index (Phi) is 5.16. The number of nitrogens with one attached hydrogen (secondary N) is 1. The summed E-state index contributed by atoms with van der Waals surface area (Å²) >= 11 is 0. The number of aromatic nitrogens is 1. The molecule has 1 aromatic heterocycles. The average molecular weight is 411 g/mol. The summed E-state index contributed by atoms with van der Waals surface area (Å²) in [6, 6.07) is 9.57. The highest BCUT2D eigenvalue weighted by Crippen LogP contribution is 2.37. The number of hydrogen-bond donors (Lipinski definition) is 1. The summed E-state index contributed by atoms with van der Waals surface area (Å²) in [5, 5.41) is 2.70. The van der Waals surface area contributed by atoms with Crippen molar-refractivity contribution in [3.8, 4) is 0 Å². The molecule has 2 atom stereocenters. The molecule has 2 saturated heterocycles. The third-order valence-corrected chi connectivity index (χ3v) is 6.69. The standard InChI is InChI=1S/C23H26FN3O3/c24-18-3-1-16(2-4-18)22(28)25-20-5-6-21-17-11-15(13-27(21)23(20)29)12-26(14-17)19-7-9-30-10-8-19/h1-6,15,17,19H,7-14H2,(H,25,28)/t15-,17-/m1/s1. The van der Waals surface area contributed by atoms with E-state index in [0.717, 1.165) is 51.3 Å². The molecule has 1 aromatic carbocycles. The molecule has 2 bridgehead atoms. The number of pyridine rings is 1. The molecule has 0 saturated carbocycles. The Balaban J connectivity index is 1.36. The largest absolute Gasteiger partial charge is 0.381 e. The van der Waals surface area contributed by atoms with E-state index in [1.54, 1.807) is 6.07 Å². The lowest BCUT2D eigenvalue weighted by Gasteiger charge is -2.46. The van der Waals surface area contributed by atoms with E-state index in [2.05, 4.69) is 10.2 Å². The number of hydrogen-bond acceptors (Lipinski definition) is 4. The summed E-state index contributed by atoms with van der Waals surface area (Å²) < 4.78 is 20.5. The van der Waals surface area contributed by atoms with Gasteiger partial charge in [0.2, 0.25) is 0 Å². The zero-order valence-corrected chi connectivity index (χ0v) is 16.9. The van der Waals surface area contributed by atoms with Crippen molar-refractivity contribution in [1.29, 1.82) is 0 Å². The minimum absolute atomic E-state index is 0.155. The van der Waals surface area contributed by atoms with Gasteiger partial charge in [-0.3, -0.25) is 14.5 Å². The molecule has 2 aromatic rings. The maximum atomic E-state index is 13.1. The van der Waals surface area contributed by atoms with E-state index in [-0.39, 0.29) is 11.2 Å². The molecule has 2 fully saturated rings. The first-order valence-electron chi connectivity index (χ1n) is 10.7. The molecule has 30 heavy (non-hydrogen) atoms. The van der Waals surface area contributed by atoms with Crippen LogP contribution in [-0.4, -0.2) is 47.7 Å². The normalized spacial score (nSPS) is 24.3. The van der Waals surface area contributed by atoms with Crippen molar-refractivity contribution in [2.75, 3.05) is 31.6 Å². The van der Waals surface area contributed by atoms with Gasteiger partial charge in [0.25, 0.3) is 11.5 Å². The number of carbonyl (C=O) groups is 1. The molecule has 5 rings (SSSR count). The second kappa shape index (κ2) is 7.96. The highest BCUT2D eigenvalue weighted by atomic mass is 19.1. The Labute approximate surface area is 174 Å². The van der Waals surface area contributed by atoms with Crippen LogP contribution in [0.15, 0.2) is 41.2 Å². The van der Waals surface area contributed by atoms with Gasteiger partial charge < -0.3 is 14.6 Å². The topological polar surface area (TPSA) is 63.6 Å². The minimum Gasteiger partial charge on any atom is -0.381 e. The van der Waals surface area contributed by atoms with E-state index in [1.165, 1.54) is 24.3 Å². The number of rotatable bonds is 3. The summed E-state index contributed by atoms with van der Waals surface area (Å²) in [6.07, 6.45) is 3.28. The Bertz CT molecular complexity index is 998. The van der Waals surface area contributed by atoms with Crippen LogP contribution in [0.1, 0.15) is 41.2 Å². The fraction of sp³-hybridized carbons (Fsp3) is 0.478. The monoisotopic (exact) mass is 411 g/mol. The third-order valence-electron chi connectivity index (χ3n) is 6.69. The number of likely N-dealkylation sites (tertiary alicyclic amines) is 1. The minimum atomic E-state index is -0.408. The summed E-state index contributed by atoms with van der Waals surface area (Å²) in [5.74, 6) is -0.0224. The molecule has 7 heteroatoms. The van der Waals surface area contributed by atoms with Gasteiger partial charge in [0.05, 0.1) is 0 Å². The van der Waals surface area contributed by atoms with Gasteiger partial charge in [-0.15, -0.1) is 0 Å². The summed E-state index contributed by atoms with van der Waals surface area (Å²) in [6.45, 7) is 4.35. The smallest absolute Gasteiger partial charge is 0.274 e. The molecule has 4 heterocycles. The maximum Gasteiger partial charge on any atom is 0.274 e. The van der Waals surface area contributed by atoms with Gasteiger partial charge in [0, 0.05) is 56.1 Å². The number of piperidine rings is 1. The number of carbonyl (C=O) groups excluding carboxylic acids is 1. The van der Waals surface area contributed by atoms with Crippen molar-refractivity contribution in [2.45, 2.75) is 37.8 Å². The van der Waals surface area contributed by atoms with E-state index >= 15 is 0 Å². The van der Waals surface area contributed by atoms with E-state index in [1.807, 2.05) is 10.6 Å². The maximum absolute atomic E-state index is 13.1. The van der Waals surface area contributed by atoms with Crippen LogP contribution in [0, 0.1) is 11.7 Å². The number of halogens is 1. The lowest BCUT2D eigenvalue weighted by Crippen LogP contribution is -2.51. The summed E-state index contributed by atoms with van der Waals surface area (Å²) in [7, 11) is 0. The molecule has 0 unspecified atom stereocenters. The van der Waals surface area contributed by atoms with Crippen molar-refractivity contribution in [1.82, 2.24) is 9.47 Å². The molecule has 3 aliphatic heterocycles. The van der Waals surface area contributed by atoms with Gasteiger partial charge in [0.1, 0.15) is 11.5 Å². The quantitative estimate of drug-likeness (QED) is 0.844. The zero-order valence-electron chi connectivity index (χ0n) is 16.9. The molecule has 158 valence electrons. The molecule has 1 N–H and O–H groups in total. The van der Waals surface area contributed by atoms with E-state index in [4.69, 9.17) is 4.74 Å². The second-order valence-electron chi connectivity index (χ2n) is 8.64. The third kappa shape index (κ3) is 3.68. The Morgan fingerprint density at radius 1 is 1.03 bits per heavy atom. The molecule has 3 aliphatic rings. The SMILES string of the molecule is O=C(Nc1ccc2n(c1=O)C[C@@H]1C[C@@H]2CN(C2CCOCC2)C1)c1ccc(F)cc1. The van der Waals surface area contributed by atoms with Crippen LogP contribution in [0.3, 0.4) is 0 Å². The molecular formula is C23H26FN3O3. The van der Waals surface area contributed by atoms with Crippen LogP contribution >= 0.6 is 0 Å². The molecule has 0 spiro atoms. The highest BCUT2D eigenvalue weighted by Gasteiger charge is 2.37. The van der Waals surface area contributed by atoms with Crippen molar-refractivity contribution >= 4 is 11.6 Å². The van der Waals surface area contributed by atoms with E-state index in [9.17, 15) is 14.0 Å². The molecule has 6 nitrogen and oxygen atoms in total. The first kappa shape index (κ1) is 19.5. The number of ether oxygens (including phenoxy) is 1. The van der Waals surface area contributed by atoms with Crippen LogP contribution in [0.4, 0.5) is 10.1 Å². The predicted octanol–water partition coefficient (Wildman–Crippen LogP) is 2.84. The highest BCUT2D eigenvalue weighted by molar-refractivity contribution is 6.04. The Morgan fingerprint density at radius 3 is 2.57 bits per heavy atom. The fourth-order valence-electron chi connectivity index (χ4n) is 5.22. The van der Waals surface area contributed by atoms with Crippen LogP contribution < -0.4 is 10.9 Å². The first-order chi connectivity index (χ1) is 14.6. The van der Waals surface area contributed by atoms with Gasteiger partial charge in [-0.2, -0.15) is 0 Å². The number of fused-ring (bicyclic) bond motifs is 4. The van der Waals surface area contributed by atoms with Crippen molar-refractivity contribution in [3.63, 3.8) is 0 Å².